The molecule has 0 heterocycles. The van der Waals surface area contributed by atoms with Crippen LogP contribution < -0.4 is 28.4 Å². The molecule has 0 spiro atoms. The van der Waals surface area contributed by atoms with E-state index in [4.69, 9.17) is 51.5 Å². The Balaban J connectivity index is 0.517. The summed E-state index contributed by atoms with van der Waals surface area (Å²) in [5, 5.41) is 0. The van der Waals surface area contributed by atoms with Gasteiger partial charge in [-0.2, -0.15) is 0 Å². The summed E-state index contributed by atoms with van der Waals surface area (Å²) in [5.74, 6) is 5.78. The lowest BCUT2D eigenvalue weighted by Crippen LogP contribution is -2.44. The van der Waals surface area contributed by atoms with Crippen LogP contribution in [0.2, 0.25) is 38.3 Å². The molecule has 0 atom stereocenters. The van der Waals surface area contributed by atoms with Crippen molar-refractivity contribution in [3.05, 3.63) is 108 Å². The van der Waals surface area contributed by atoms with Crippen LogP contribution in [0.1, 0.15) is 343 Å². The van der Waals surface area contributed by atoms with Crippen molar-refractivity contribution >= 4 is 64.4 Å². The molecule has 0 radical (unpaired) electrons. The fourth-order valence-corrected chi connectivity index (χ4v) is 27.5. The van der Waals surface area contributed by atoms with Crippen molar-refractivity contribution in [2.75, 3.05) is 39.6 Å². The Morgan fingerprint density at radius 3 is 0.846 bits per heavy atom. The van der Waals surface area contributed by atoms with Crippen LogP contribution in [0.4, 0.5) is 0 Å². The first kappa shape index (κ1) is 101. The van der Waals surface area contributed by atoms with Crippen LogP contribution in [0.5, 0.6) is 34.5 Å². The number of benzene rings is 4. The van der Waals surface area contributed by atoms with E-state index < -0.39 is 28.6 Å². The highest BCUT2D eigenvalue weighted by Crippen LogP contribution is 2.45. The van der Waals surface area contributed by atoms with Gasteiger partial charge < -0.3 is 51.5 Å². The van der Waals surface area contributed by atoms with Crippen LogP contribution in [0, 0.1) is 47.3 Å². The lowest BCUT2D eigenvalue weighted by Gasteiger charge is -2.37. The fraction of sp³-hybridized carbons (Fsp3) is 0.686. The van der Waals surface area contributed by atoms with Gasteiger partial charge in [-0.1, -0.05) is 142 Å². The van der Waals surface area contributed by atoms with Gasteiger partial charge in [-0.25, -0.2) is 9.59 Å². The molecule has 4 aromatic rings. The number of hydrogen-bond donors (Lipinski definition) is 0. The molecule has 8 rings (SSSR count). The molecule has 0 aliphatic heterocycles. The van der Waals surface area contributed by atoms with Gasteiger partial charge in [0.25, 0.3) is 0 Å². The second-order valence-electron chi connectivity index (χ2n) is 37.2. The van der Waals surface area contributed by atoms with E-state index in [-0.39, 0.29) is 47.7 Å². The highest BCUT2D eigenvalue weighted by molar-refractivity contribution is 6.84. The van der Waals surface area contributed by atoms with Crippen molar-refractivity contribution in [2.24, 2.45) is 47.3 Å². The molecule has 4 saturated carbocycles. The van der Waals surface area contributed by atoms with Gasteiger partial charge in [0.1, 0.15) is 34.5 Å². The standard InChI is InChI=1S/C102H154O19Si2/c1-7-9-21-33-79-39-43-81(44-40-79)83-47-51-85(52-48-83)99(107)117-91-63-67-93(68-64-91)119-101(109)87-55-59-89(60-56-87)111-71-25-15-11-13-17-27-73-113-95(103)35-23-19-29-75-115-97(105)37-31-77-122(3,4)121-123(5,6)78-32-38-98(106)116-76-30-20-24-36-96(104)114-74-28-18-14-12-16-26-72-112-90-61-57-88(58-62-90)102(110)120-94-69-65-92(66-70-94)118-100(108)86-53-49-84(50-54-86)82-45-41-80(42-46-82)34-22-10-8-2/h55-70,79-86H,7-54,71-78H2,1-6H3. The molecule has 0 unspecified atom stereocenters. The summed E-state index contributed by atoms with van der Waals surface area (Å²) in [6, 6.07) is 28.9. The Labute approximate surface area is 740 Å². The zero-order chi connectivity index (χ0) is 87.5. The normalized spacial score (nSPS) is 19.2. The molecule has 684 valence electrons. The molecule has 4 fully saturated rings. The lowest BCUT2D eigenvalue weighted by atomic mass is 9.68. The van der Waals surface area contributed by atoms with Crippen LogP contribution >= 0.6 is 0 Å². The van der Waals surface area contributed by atoms with Crippen LogP contribution in [0.15, 0.2) is 97.1 Å². The summed E-state index contributed by atoms with van der Waals surface area (Å²) in [4.78, 5) is 102. The predicted octanol–water partition coefficient (Wildman–Crippen LogP) is 25.7. The monoisotopic (exact) mass is 1740 g/mol. The van der Waals surface area contributed by atoms with E-state index in [0.717, 1.165) is 189 Å². The second kappa shape index (κ2) is 58.1. The summed E-state index contributed by atoms with van der Waals surface area (Å²) < 4.78 is 63.4. The Kier molecular flexibility index (Phi) is 47.7. The molecule has 4 aliphatic carbocycles. The van der Waals surface area contributed by atoms with Gasteiger partial charge in [0.2, 0.25) is 0 Å². The molecule has 0 saturated heterocycles. The van der Waals surface area contributed by atoms with E-state index in [1.807, 2.05) is 0 Å². The van der Waals surface area contributed by atoms with Crippen molar-refractivity contribution in [1.82, 2.24) is 0 Å². The van der Waals surface area contributed by atoms with Crippen LogP contribution in [0.3, 0.4) is 0 Å². The van der Waals surface area contributed by atoms with E-state index in [0.29, 0.717) is 149 Å². The van der Waals surface area contributed by atoms with Gasteiger partial charge in [0.05, 0.1) is 62.6 Å². The van der Waals surface area contributed by atoms with Gasteiger partial charge in [0.15, 0.2) is 16.6 Å². The van der Waals surface area contributed by atoms with Gasteiger partial charge in [-0.15, -0.1) is 0 Å². The Bertz CT molecular complexity index is 3410. The van der Waals surface area contributed by atoms with Crippen LogP contribution in [-0.4, -0.2) is 104 Å². The lowest BCUT2D eigenvalue weighted by molar-refractivity contribution is -0.145. The third-order valence-electron chi connectivity index (χ3n) is 26.0. The SMILES string of the molecule is CCCCCC1CCC(C2CCC(C(=O)Oc3ccc(OC(=O)c4ccc(OCCCCCCCCOC(=O)CCCCCOC(=O)CCC[Si](C)(C)O[Si](C)(C)CCCC(=O)OCCCCCC(=O)OCCCCCCCCOc5ccc(C(=O)Oc6ccc(OC(=O)C7CCC(C8CCC(CCCCC)CC8)CC7)cc6)cc5)cc4)cc3)CC2)CC1. The molecule has 0 amide bonds. The van der Waals surface area contributed by atoms with Crippen molar-refractivity contribution < 1.29 is 89.8 Å². The van der Waals surface area contributed by atoms with Gasteiger partial charge >= 0.3 is 47.8 Å². The van der Waals surface area contributed by atoms with Crippen LogP contribution in [0.25, 0.3) is 0 Å². The third kappa shape index (κ3) is 41.8. The number of unbranched alkanes of at least 4 members (excludes halogenated alkanes) is 18. The van der Waals surface area contributed by atoms with Gasteiger partial charge in [-0.05, 0) is 325 Å². The number of ether oxygens (including phenoxy) is 10. The minimum Gasteiger partial charge on any atom is -0.494 e. The van der Waals surface area contributed by atoms with Gasteiger partial charge in [0, 0.05) is 25.7 Å². The first-order chi connectivity index (χ1) is 59.7. The highest BCUT2D eigenvalue weighted by Gasteiger charge is 2.37. The zero-order valence-electron chi connectivity index (χ0n) is 76.2. The number of carbonyl (C=O) groups excluding carboxylic acids is 8. The molecule has 21 heteroatoms. The summed E-state index contributed by atoms with van der Waals surface area (Å²) in [6.45, 7) is 16.0. The summed E-state index contributed by atoms with van der Waals surface area (Å²) in [5.41, 5.74) is 0.814. The Morgan fingerprint density at radius 1 is 0.276 bits per heavy atom. The smallest absolute Gasteiger partial charge is 0.343 e. The van der Waals surface area contributed by atoms with E-state index in [1.165, 1.54) is 103 Å². The van der Waals surface area contributed by atoms with E-state index in [2.05, 4.69) is 40.0 Å². The van der Waals surface area contributed by atoms with Crippen LogP contribution in [-0.2, 0) is 51.8 Å². The maximum absolute atomic E-state index is 13.1. The molecule has 0 aromatic heterocycles. The molecule has 4 aliphatic rings. The quantitative estimate of drug-likeness (QED) is 0.0131. The number of hydrogen-bond acceptors (Lipinski definition) is 19. The molecule has 0 N–H and O–H groups in total. The Hall–Kier alpha value is -7.37. The second-order valence-corrected chi connectivity index (χ2v) is 46.0. The zero-order valence-corrected chi connectivity index (χ0v) is 78.2. The Morgan fingerprint density at radius 2 is 0.537 bits per heavy atom. The summed E-state index contributed by atoms with van der Waals surface area (Å²) in [6.07, 6.45) is 48.6. The number of rotatable bonds is 60. The van der Waals surface area contributed by atoms with E-state index >= 15 is 0 Å². The minimum atomic E-state index is -2.06. The first-order valence-electron chi connectivity index (χ1n) is 48.5. The largest absolute Gasteiger partial charge is 0.494 e. The maximum Gasteiger partial charge on any atom is 0.343 e. The van der Waals surface area contributed by atoms with Crippen molar-refractivity contribution in [3.8, 4) is 34.5 Å². The van der Waals surface area contributed by atoms with Crippen molar-refractivity contribution in [2.45, 2.75) is 360 Å². The maximum atomic E-state index is 13.1. The van der Waals surface area contributed by atoms with Crippen molar-refractivity contribution in [1.29, 1.82) is 0 Å². The summed E-state index contributed by atoms with van der Waals surface area (Å²) in [7, 11) is -4.12. The van der Waals surface area contributed by atoms with E-state index in [9.17, 15) is 38.4 Å². The molecule has 123 heavy (non-hydrogen) atoms. The highest BCUT2D eigenvalue weighted by atomic mass is 28.4. The third-order valence-corrected chi connectivity index (χ3v) is 33.6. The molecular formula is C102H154O19Si2. The average molecular weight is 1740 g/mol. The first-order valence-corrected chi connectivity index (χ1v) is 54.8. The summed E-state index contributed by atoms with van der Waals surface area (Å²) >= 11 is 0. The number of carbonyl (C=O) groups is 8. The predicted molar refractivity (Wildman–Crippen MR) is 488 cm³/mol. The van der Waals surface area contributed by atoms with Crippen molar-refractivity contribution in [3.63, 3.8) is 0 Å². The van der Waals surface area contributed by atoms with Gasteiger partial charge in [-0.3, -0.25) is 28.8 Å². The topological polar surface area (TPSA) is 238 Å². The molecule has 19 nitrogen and oxygen atoms in total. The molecular weight excluding hydrogens is 1590 g/mol. The molecule has 4 aromatic carbocycles. The number of esters is 8. The minimum absolute atomic E-state index is 0.0623. The fourth-order valence-electron chi connectivity index (χ4n) is 18.7. The molecule has 0 bridgehead atoms. The van der Waals surface area contributed by atoms with E-state index in [1.54, 1.807) is 97.1 Å². The average Bonchev–Trinajstić information content (AvgIpc) is 0.658.